The van der Waals surface area contributed by atoms with Gasteiger partial charge in [-0.2, -0.15) is 5.10 Å². The number of anilines is 1. The Morgan fingerprint density at radius 1 is 1.27 bits per heavy atom. The summed E-state index contributed by atoms with van der Waals surface area (Å²) in [4.78, 5) is 6.83. The molecule has 1 fully saturated rings. The SMILES string of the molecule is Cn1cc2c(N3CCCC3)nccc2n1. The molecule has 3 heterocycles. The van der Waals surface area contributed by atoms with E-state index in [1.807, 2.05) is 24.0 Å². The Morgan fingerprint density at radius 2 is 2.07 bits per heavy atom. The topological polar surface area (TPSA) is 34.0 Å². The molecule has 0 radical (unpaired) electrons. The smallest absolute Gasteiger partial charge is 0.139 e. The van der Waals surface area contributed by atoms with E-state index in [-0.39, 0.29) is 0 Å². The summed E-state index contributed by atoms with van der Waals surface area (Å²) in [6, 6.07) is 1.97. The number of fused-ring (bicyclic) bond motifs is 1. The average molecular weight is 202 g/mol. The van der Waals surface area contributed by atoms with Gasteiger partial charge in [0.05, 0.1) is 10.9 Å². The van der Waals surface area contributed by atoms with Crippen LogP contribution in [0.3, 0.4) is 0 Å². The summed E-state index contributed by atoms with van der Waals surface area (Å²) in [6.07, 6.45) is 6.45. The lowest BCUT2D eigenvalue weighted by Gasteiger charge is -2.16. The molecule has 2 aromatic rings. The van der Waals surface area contributed by atoms with Gasteiger partial charge in [-0.15, -0.1) is 0 Å². The molecule has 4 heteroatoms. The van der Waals surface area contributed by atoms with Crippen molar-refractivity contribution in [1.29, 1.82) is 0 Å². The summed E-state index contributed by atoms with van der Waals surface area (Å²) < 4.78 is 1.85. The van der Waals surface area contributed by atoms with Gasteiger partial charge in [-0.05, 0) is 18.9 Å². The quantitative estimate of drug-likeness (QED) is 0.704. The largest absolute Gasteiger partial charge is 0.356 e. The van der Waals surface area contributed by atoms with Crippen molar-refractivity contribution < 1.29 is 0 Å². The average Bonchev–Trinajstić information content (AvgIpc) is 2.82. The number of aromatic nitrogens is 3. The Balaban J connectivity index is 2.16. The van der Waals surface area contributed by atoms with Crippen LogP contribution in [0, 0.1) is 0 Å². The highest BCUT2D eigenvalue weighted by atomic mass is 15.3. The molecule has 1 aliphatic rings. The fraction of sp³-hybridized carbons (Fsp3) is 0.455. The van der Waals surface area contributed by atoms with Gasteiger partial charge in [-0.25, -0.2) is 4.98 Å². The molecule has 1 saturated heterocycles. The molecule has 0 N–H and O–H groups in total. The van der Waals surface area contributed by atoms with Crippen LogP contribution in [0.1, 0.15) is 12.8 Å². The number of nitrogens with zero attached hydrogens (tertiary/aromatic N) is 4. The first-order chi connectivity index (χ1) is 7.34. The lowest BCUT2D eigenvalue weighted by Crippen LogP contribution is -2.18. The number of rotatable bonds is 1. The van der Waals surface area contributed by atoms with Gasteiger partial charge in [0.25, 0.3) is 0 Å². The molecule has 0 saturated carbocycles. The van der Waals surface area contributed by atoms with Crippen LogP contribution in [0.4, 0.5) is 5.82 Å². The van der Waals surface area contributed by atoms with Gasteiger partial charge in [0.15, 0.2) is 0 Å². The number of pyridine rings is 1. The molecule has 0 spiro atoms. The zero-order valence-electron chi connectivity index (χ0n) is 8.85. The molecule has 0 bridgehead atoms. The van der Waals surface area contributed by atoms with Crippen molar-refractivity contribution in [3.8, 4) is 0 Å². The van der Waals surface area contributed by atoms with Crippen molar-refractivity contribution >= 4 is 16.7 Å². The van der Waals surface area contributed by atoms with Gasteiger partial charge >= 0.3 is 0 Å². The second-order valence-corrected chi connectivity index (χ2v) is 4.06. The van der Waals surface area contributed by atoms with Crippen molar-refractivity contribution in [2.45, 2.75) is 12.8 Å². The summed E-state index contributed by atoms with van der Waals surface area (Å²) in [5.41, 5.74) is 1.04. The first kappa shape index (κ1) is 8.71. The predicted molar refractivity (Wildman–Crippen MR) is 60.0 cm³/mol. The lowest BCUT2D eigenvalue weighted by atomic mass is 10.3. The minimum Gasteiger partial charge on any atom is -0.356 e. The van der Waals surface area contributed by atoms with Crippen LogP contribution in [0.2, 0.25) is 0 Å². The molecule has 4 nitrogen and oxygen atoms in total. The third-order valence-electron chi connectivity index (χ3n) is 2.93. The Labute approximate surface area is 88.5 Å². The van der Waals surface area contributed by atoms with Crippen molar-refractivity contribution in [3.05, 3.63) is 18.5 Å². The zero-order valence-corrected chi connectivity index (χ0v) is 8.85. The molecule has 0 amide bonds. The molecule has 78 valence electrons. The molecule has 1 aliphatic heterocycles. The van der Waals surface area contributed by atoms with Crippen molar-refractivity contribution in [3.63, 3.8) is 0 Å². The van der Waals surface area contributed by atoms with Crippen LogP contribution in [0.15, 0.2) is 18.5 Å². The van der Waals surface area contributed by atoms with E-state index in [1.165, 1.54) is 18.2 Å². The number of aryl methyl sites for hydroxylation is 1. The molecule has 0 aromatic carbocycles. The van der Waals surface area contributed by atoms with E-state index < -0.39 is 0 Å². The van der Waals surface area contributed by atoms with E-state index in [4.69, 9.17) is 0 Å². The van der Waals surface area contributed by atoms with Crippen LogP contribution < -0.4 is 4.90 Å². The second-order valence-electron chi connectivity index (χ2n) is 4.06. The summed E-state index contributed by atoms with van der Waals surface area (Å²) >= 11 is 0. The summed E-state index contributed by atoms with van der Waals surface area (Å²) in [5, 5.41) is 5.56. The maximum absolute atomic E-state index is 4.47. The lowest BCUT2D eigenvalue weighted by molar-refractivity contribution is 0.779. The molecule has 2 aromatic heterocycles. The highest BCUT2D eigenvalue weighted by Crippen LogP contribution is 2.25. The highest BCUT2D eigenvalue weighted by molar-refractivity contribution is 5.89. The summed E-state index contributed by atoms with van der Waals surface area (Å²) in [7, 11) is 1.95. The van der Waals surface area contributed by atoms with E-state index in [2.05, 4.69) is 21.2 Å². The fourth-order valence-corrected chi connectivity index (χ4v) is 2.23. The first-order valence-electron chi connectivity index (χ1n) is 5.38. The Hall–Kier alpha value is -1.58. The number of hydrogen-bond donors (Lipinski definition) is 0. The third kappa shape index (κ3) is 1.37. The summed E-state index contributed by atoms with van der Waals surface area (Å²) in [5.74, 6) is 1.10. The van der Waals surface area contributed by atoms with Gasteiger partial charge < -0.3 is 4.90 Å². The van der Waals surface area contributed by atoms with Gasteiger partial charge in [-0.1, -0.05) is 0 Å². The van der Waals surface area contributed by atoms with E-state index in [0.29, 0.717) is 0 Å². The van der Waals surface area contributed by atoms with Crippen LogP contribution in [-0.4, -0.2) is 27.9 Å². The third-order valence-corrected chi connectivity index (χ3v) is 2.93. The van der Waals surface area contributed by atoms with Crippen LogP contribution in [-0.2, 0) is 7.05 Å². The first-order valence-corrected chi connectivity index (χ1v) is 5.38. The standard InChI is InChI=1S/C11H14N4/c1-14-8-9-10(13-14)4-5-12-11(9)15-6-2-3-7-15/h4-5,8H,2-3,6-7H2,1H3. The predicted octanol–water partition coefficient (Wildman–Crippen LogP) is 1.57. The fourth-order valence-electron chi connectivity index (χ4n) is 2.23. The molecule has 3 rings (SSSR count). The van der Waals surface area contributed by atoms with Gasteiger partial charge in [0.1, 0.15) is 5.82 Å². The Kier molecular flexibility index (Phi) is 1.87. The zero-order chi connectivity index (χ0) is 10.3. The minimum absolute atomic E-state index is 1.04. The van der Waals surface area contributed by atoms with Crippen LogP contribution in [0.25, 0.3) is 10.9 Å². The molecular formula is C11H14N4. The van der Waals surface area contributed by atoms with Crippen molar-refractivity contribution in [1.82, 2.24) is 14.8 Å². The maximum Gasteiger partial charge on any atom is 0.139 e. The van der Waals surface area contributed by atoms with E-state index >= 15 is 0 Å². The monoisotopic (exact) mass is 202 g/mol. The van der Waals surface area contributed by atoms with E-state index in [0.717, 1.165) is 24.4 Å². The highest BCUT2D eigenvalue weighted by Gasteiger charge is 2.16. The van der Waals surface area contributed by atoms with Crippen LogP contribution in [0.5, 0.6) is 0 Å². The summed E-state index contributed by atoms with van der Waals surface area (Å²) in [6.45, 7) is 2.25. The maximum atomic E-state index is 4.47. The van der Waals surface area contributed by atoms with Gasteiger partial charge in [-0.3, -0.25) is 4.68 Å². The Bertz CT molecular complexity index is 482. The Morgan fingerprint density at radius 3 is 2.87 bits per heavy atom. The van der Waals surface area contributed by atoms with Crippen molar-refractivity contribution in [2.24, 2.45) is 7.05 Å². The van der Waals surface area contributed by atoms with E-state index in [9.17, 15) is 0 Å². The van der Waals surface area contributed by atoms with E-state index in [1.54, 1.807) is 0 Å². The molecule has 15 heavy (non-hydrogen) atoms. The molecule has 0 atom stereocenters. The van der Waals surface area contributed by atoms with Crippen molar-refractivity contribution in [2.75, 3.05) is 18.0 Å². The minimum atomic E-state index is 1.04. The van der Waals surface area contributed by atoms with Crippen LogP contribution >= 0.6 is 0 Å². The second kappa shape index (κ2) is 3.22. The molecular weight excluding hydrogens is 188 g/mol. The normalized spacial score (nSPS) is 16.5. The van der Waals surface area contributed by atoms with Gasteiger partial charge in [0.2, 0.25) is 0 Å². The van der Waals surface area contributed by atoms with Gasteiger partial charge in [0, 0.05) is 32.5 Å². The number of hydrogen-bond acceptors (Lipinski definition) is 3. The molecule has 0 unspecified atom stereocenters. The molecule has 0 aliphatic carbocycles.